The van der Waals surface area contributed by atoms with E-state index in [2.05, 4.69) is 27.5 Å². The van der Waals surface area contributed by atoms with Crippen LogP contribution in [0.25, 0.3) is 0 Å². The first-order valence-electron chi connectivity index (χ1n) is 9.34. The van der Waals surface area contributed by atoms with Crippen LogP contribution in [0.3, 0.4) is 0 Å². The monoisotopic (exact) mass is 400 g/mol. The van der Waals surface area contributed by atoms with Crippen LogP contribution in [0.2, 0.25) is 0 Å². The molecule has 2 amide bonds. The van der Waals surface area contributed by atoms with E-state index in [0.717, 1.165) is 29.7 Å². The fraction of sp³-hybridized carbons (Fsp3) is 0.400. The van der Waals surface area contributed by atoms with Crippen molar-refractivity contribution in [2.24, 2.45) is 0 Å². The van der Waals surface area contributed by atoms with Crippen LogP contribution < -0.4 is 16.2 Å². The highest BCUT2D eigenvalue weighted by Gasteiger charge is 2.34. The van der Waals surface area contributed by atoms with Crippen molar-refractivity contribution >= 4 is 35.1 Å². The SMILES string of the molecule is CCCCSc1nc2c(c(=O)[nH]1)[C@H](C(=O)Nc1cc(C)ccc1C)CC(=O)N2. The summed E-state index contributed by atoms with van der Waals surface area (Å²) in [6, 6.07) is 5.74. The molecule has 0 unspecified atom stereocenters. The predicted molar refractivity (Wildman–Crippen MR) is 111 cm³/mol. The molecular formula is C20H24N4O3S. The molecule has 2 aromatic rings. The highest BCUT2D eigenvalue weighted by atomic mass is 32.2. The lowest BCUT2D eigenvalue weighted by atomic mass is 9.92. The maximum absolute atomic E-state index is 12.9. The van der Waals surface area contributed by atoms with Crippen LogP contribution in [0.15, 0.2) is 28.2 Å². The Morgan fingerprint density at radius 3 is 2.86 bits per heavy atom. The van der Waals surface area contributed by atoms with Gasteiger partial charge in [0.15, 0.2) is 5.16 Å². The summed E-state index contributed by atoms with van der Waals surface area (Å²) in [5, 5.41) is 5.95. The van der Waals surface area contributed by atoms with E-state index in [4.69, 9.17) is 0 Å². The zero-order chi connectivity index (χ0) is 20.3. The van der Waals surface area contributed by atoms with E-state index in [9.17, 15) is 14.4 Å². The van der Waals surface area contributed by atoms with E-state index in [1.165, 1.54) is 11.8 Å². The van der Waals surface area contributed by atoms with Crippen molar-refractivity contribution in [1.29, 1.82) is 0 Å². The minimum Gasteiger partial charge on any atom is -0.325 e. The van der Waals surface area contributed by atoms with Gasteiger partial charge in [0.1, 0.15) is 5.82 Å². The van der Waals surface area contributed by atoms with Gasteiger partial charge in [-0.25, -0.2) is 4.98 Å². The summed E-state index contributed by atoms with van der Waals surface area (Å²) in [6.07, 6.45) is 1.95. The Morgan fingerprint density at radius 1 is 1.32 bits per heavy atom. The number of fused-ring (bicyclic) bond motifs is 1. The highest BCUT2D eigenvalue weighted by Crippen LogP contribution is 2.31. The number of aryl methyl sites for hydroxylation is 2. The molecule has 148 valence electrons. The Labute approximate surface area is 167 Å². The summed E-state index contributed by atoms with van der Waals surface area (Å²) >= 11 is 1.43. The third-order valence-electron chi connectivity index (χ3n) is 4.63. The number of hydrogen-bond acceptors (Lipinski definition) is 5. The number of amides is 2. The second-order valence-corrected chi connectivity index (χ2v) is 8.03. The van der Waals surface area contributed by atoms with Gasteiger partial charge in [-0.15, -0.1) is 0 Å². The third kappa shape index (κ3) is 4.44. The van der Waals surface area contributed by atoms with Crippen LogP contribution in [-0.4, -0.2) is 27.5 Å². The molecule has 28 heavy (non-hydrogen) atoms. The van der Waals surface area contributed by atoms with Crippen molar-refractivity contribution in [2.75, 3.05) is 16.4 Å². The molecule has 0 saturated heterocycles. The fourth-order valence-electron chi connectivity index (χ4n) is 3.05. The van der Waals surface area contributed by atoms with Crippen LogP contribution in [0.5, 0.6) is 0 Å². The smallest absolute Gasteiger partial charge is 0.257 e. The van der Waals surface area contributed by atoms with E-state index in [1.54, 1.807) is 0 Å². The Balaban J connectivity index is 1.89. The third-order valence-corrected chi connectivity index (χ3v) is 5.59. The Morgan fingerprint density at radius 2 is 2.11 bits per heavy atom. The molecule has 0 bridgehead atoms. The molecule has 2 heterocycles. The van der Waals surface area contributed by atoms with Crippen molar-refractivity contribution in [3.63, 3.8) is 0 Å². The molecule has 7 nitrogen and oxygen atoms in total. The molecule has 1 aliphatic heterocycles. The van der Waals surface area contributed by atoms with Crippen LogP contribution in [0, 0.1) is 13.8 Å². The number of benzene rings is 1. The summed E-state index contributed by atoms with van der Waals surface area (Å²) in [7, 11) is 0. The second kappa shape index (κ2) is 8.60. The molecule has 1 aromatic heterocycles. The van der Waals surface area contributed by atoms with Crippen molar-refractivity contribution in [1.82, 2.24) is 9.97 Å². The van der Waals surface area contributed by atoms with E-state index in [-0.39, 0.29) is 35.2 Å². The lowest BCUT2D eigenvalue weighted by Crippen LogP contribution is -2.36. The zero-order valence-corrected chi connectivity index (χ0v) is 17.0. The van der Waals surface area contributed by atoms with Gasteiger partial charge in [0.05, 0.1) is 11.5 Å². The minimum absolute atomic E-state index is 0.0865. The molecule has 3 N–H and O–H groups in total. The molecule has 0 saturated carbocycles. The summed E-state index contributed by atoms with van der Waals surface area (Å²) in [4.78, 5) is 44.8. The maximum atomic E-state index is 12.9. The maximum Gasteiger partial charge on any atom is 0.257 e. The first kappa shape index (κ1) is 20.1. The normalized spacial score (nSPS) is 15.7. The van der Waals surface area contributed by atoms with Crippen molar-refractivity contribution < 1.29 is 9.59 Å². The standard InChI is InChI=1S/C20H24N4O3S/c1-4-5-8-28-20-23-17-16(19(27)24-20)13(10-15(25)22-17)18(26)21-14-9-11(2)6-7-12(14)3/h6-7,9,13H,4-5,8,10H2,1-3H3,(H,21,26)(H2,22,23,24,25,27)/t13-/m1/s1. The van der Waals surface area contributed by atoms with Gasteiger partial charge >= 0.3 is 0 Å². The Hall–Kier alpha value is -2.61. The van der Waals surface area contributed by atoms with Crippen molar-refractivity contribution in [3.05, 3.63) is 45.2 Å². The molecule has 0 fully saturated rings. The molecule has 0 radical (unpaired) electrons. The molecule has 0 spiro atoms. The largest absolute Gasteiger partial charge is 0.325 e. The quantitative estimate of drug-likeness (QED) is 0.392. The summed E-state index contributed by atoms with van der Waals surface area (Å²) in [5.74, 6) is -0.586. The van der Waals surface area contributed by atoms with Gasteiger partial charge in [0.25, 0.3) is 5.56 Å². The predicted octanol–water partition coefficient (Wildman–Crippen LogP) is 3.34. The van der Waals surface area contributed by atoms with Crippen molar-refractivity contribution in [2.45, 2.75) is 51.1 Å². The fourth-order valence-corrected chi connectivity index (χ4v) is 3.99. The second-order valence-electron chi connectivity index (χ2n) is 6.95. The number of carbonyl (C=O) groups is 2. The number of H-pyrrole nitrogens is 1. The lowest BCUT2D eigenvalue weighted by Gasteiger charge is -2.24. The average Bonchev–Trinajstić information content (AvgIpc) is 2.64. The Bertz CT molecular complexity index is 970. The topological polar surface area (TPSA) is 104 Å². The summed E-state index contributed by atoms with van der Waals surface area (Å²) in [5.41, 5.74) is 2.42. The number of aromatic nitrogens is 2. The van der Waals surface area contributed by atoms with Gasteiger partial charge in [0, 0.05) is 17.9 Å². The Kier molecular flexibility index (Phi) is 6.18. The first-order chi connectivity index (χ1) is 13.4. The number of thioether (sulfide) groups is 1. The van der Waals surface area contributed by atoms with E-state index >= 15 is 0 Å². The average molecular weight is 401 g/mol. The van der Waals surface area contributed by atoms with Crippen LogP contribution in [-0.2, 0) is 9.59 Å². The number of unbranched alkanes of at least 4 members (excludes halogenated alkanes) is 1. The van der Waals surface area contributed by atoms with Gasteiger partial charge in [-0.3, -0.25) is 14.4 Å². The number of hydrogen-bond donors (Lipinski definition) is 3. The lowest BCUT2D eigenvalue weighted by molar-refractivity contribution is -0.123. The van der Waals surface area contributed by atoms with Gasteiger partial charge in [-0.1, -0.05) is 37.2 Å². The van der Waals surface area contributed by atoms with Crippen LogP contribution in [0.1, 0.15) is 48.8 Å². The summed E-state index contributed by atoms with van der Waals surface area (Å²) < 4.78 is 0. The number of aromatic amines is 1. The molecule has 1 aromatic carbocycles. The molecule has 3 rings (SSSR count). The zero-order valence-electron chi connectivity index (χ0n) is 16.2. The van der Waals surface area contributed by atoms with E-state index in [0.29, 0.717) is 10.8 Å². The van der Waals surface area contributed by atoms with Gasteiger partial charge in [-0.2, -0.15) is 0 Å². The van der Waals surface area contributed by atoms with Crippen LogP contribution >= 0.6 is 11.8 Å². The van der Waals surface area contributed by atoms with Gasteiger partial charge in [-0.05, 0) is 37.5 Å². The van der Waals surface area contributed by atoms with Gasteiger partial charge < -0.3 is 15.6 Å². The van der Waals surface area contributed by atoms with Crippen molar-refractivity contribution in [3.8, 4) is 0 Å². The molecule has 8 heteroatoms. The van der Waals surface area contributed by atoms with Gasteiger partial charge in [0.2, 0.25) is 11.8 Å². The number of anilines is 2. The number of rotatable bonds is 6. The number of nitrogens with zero attached hydrogens (tertiary/aromatic N) is 1. The first-order valence-corrected chi connectivity index (χ1v) is 10.3. The molecular weight excluding hydrogens is 376 g/mol. The molecule has 0 aliphatic carbocycles. The number of nitrogens with one attached hydrogen (secondary N) is 3. The minimum atomic E-state index is -0.880. The van der Waals surface area contributed by atoms with E-state index in [1.807, 2.05) is 32.0 Å². The summed E-state index contributed by atoms with van der Waals surface area (Å²) in [6.45, 7) is 5.92. The highest BCUT2D eigenvalue weighted by molar-refractivity contribution is 7.99. The molecule has 1 aliphatic rings. The molecule has 1 atom stereocenters. The van der Waals surface area contributed by atoms with Crippen LogP contribution in [0.4, 0.5) is 11.5 Å². The van der Waals surface area contributed by atoms with E-state index < -0.39 is 5.92 Å². The number of carbonyl (C=O) groups excluding carboxylic acids is 2.